The SMILES string of the molecule is C=CC1CCC(C2CCC(COc3ccc(OCC=CC)c(F)c3F)CC2)CC1. The molecule has 29 heavy (non-hydrogen) atoms. The highest BCUT2D eigenvalue weighted by molar-refractivity contribution is 5.35. The molecule has 0 unspecified atom stereocenters. The summed E-state index contributed by atoms with van der Waals surface area (Å²) in [6.07, 6.45) is 15.6. The Morgan fingerprint density at radius 3 is 2.00 bits per heavy atom. The molecule has 2 aliphatic rings. The summed E-state index contributed by atoms with van der Waals surface area (Å²) in [5, 5.41) is 0. The van der Waals surface area contributed by atoms with Gasteiger partial charge < -0.3 is 9.47 Å². The van der Waals surface area contributed by atoms with E-state index in [4.69, 9.17) is 9.47 Å². The van der Waals surface area contributed by atoms with Crippen molar-refractivity contribution in [3.63, 3.8) is 0 Å². The van der Waals surface area contributed by atoms with Crippen LogP contribution in [0.1, 0.15) is 58.3 Å². The molecule has 0 atom stereocenters. The molecular formula is C25H34F2O2. The van der Waals surface area contributed by atoms with Crippen LogP contribution in [0.5, 0.6) is 11.5 Å². The summed E-state index contributed by atoms with van der Waals surface area (Å²) in [6.45, 7) is 6.45. The molecule has 0 saturated heterocycles. The molecule has 2 saturated carbocycles. The van der Waals surface area contributed by atoms with Gasteiger partial charge in [-0.1, -0.05) is 18.2 Å². The number of halogens is 2. The molecule has 0 bridgehead atoms. The van der Waals surface area contributed by atoms with Gasteiger partial charge in [-0.25, -0.2) is 0 Å². The van der Waals surface area contributed by atoms with Gasteiger partial charge >= 0.3 is 0 Å². The van der Waals surface area contributed by atoms with E-state index in [-0.39, 0.29) is 18.1 Å². The molecule has 0 aromatic heterocycles. The molecule has 1 aromatic rings. The second kappa shape index (κ2) is 10.8. The number of allylic oxidation sites excluding steroid dienone is 2. The summed E-state index contributed by atoms with van der Waals surface area (Å²) >= 11 is 0. The van der Waals surface area contributed by atoms with Gasteiger partial charge in [-0.2, -0.15) is 8.78 Å². The van der Waals surface area contributed by atoms with Gasteiger partial charge in [0.2, 0.25) is 11.6 Å². The topological polar surface area (TPSA) is 18.5 Å². The molecule has 0 spiro atoms. The normalized spacial score (nSPS) is 27.7. The van der Waals surface area contributed by atoms with E-state index in [0.717, 1.165) is 24.7 Å². The smallest absolute Gasteiger partial charge is 0.204 e. The highest BCUT2D eigenvalue weighted by Gasteiger charge is 2.30. The van der Waals surface area contributed by atoms with E-state index in [1.54, 1.807) is 12.2 Å². The number of benzene rings is 1. The largest absolute Gasteiger partial charge is 0.490 e. The Bertz CT molecular complexity index is 684. The van der Waals surface area contributed by atoms with Crippen LogP contribution in [-0.4, -0.2) is 13.2 Å². The average Bonchev–Trinajstić information content (AvgIpc) is 2.77. The lowest BCUT2D eigenvalue weighted by atomic mass is 9.69. The third kappa shape index (κ3) is 5.83. The first-order valence-electron chi connectivity index (χ1n) is 11.1. The van der Waals surface area contributed by atoms with Gasteiger partial charge in [0.1, 0.15) is 6.61 Å². The summed E-state index contributed by atoms with van der Waals surface area (Å²) in [7, 11) is 0. The predicted molar refractivity (Wildman–Crippen MR) is 113 cm³/mol. The number of hydrogen-bond acceptors (Lipinski definition) is 2. The van der Waals surface area contributed by atoms with Crippen LogP contribution in [0.3, 0.4) is 0 Å². The van der Waals surface area contributed by atoms with Gasteiger partial charge in [-0.05, 0) is 94.1 Å². The second-order valence-corrected chi connectivity index (χ2v) is 8.57. The van der Waals surface area contributed by atoms with E-state index in [2.05, 4.69) is 12.7 Å². The van der Waals surface area contributed by atoms with Crippen molar-refractivity contribution in [1.82, 2.24) is 0 Å². The Labute approximate surface area is 174 Å². The van der Waals surface area contributed by atoms with Crippen molar-refractivity contribution in [3.05, 3.63) is 48.6 Å². The zero-order valence-corrected chi connectivity index (χ0v) is 17.5. The van der Waals surface area contributed by atoms with E-state index in [1.165, 1.54) is 50.7 Å². The van der Waals surface area contributed by atoms with Gasteiger partial charge in [0.15, 0.2) is 11.5 Å². The van der Waals surface area contributed by atoms with Gasteiger partial charge in [0.05, 0.1) is 6.61 Å². The Morgan fingerprint density at radius 2 is 1.45 bits per heavy atom. The minimum absolute atomic E-state index is 0.0224. The Hall–Kier alpha value is -1.84. The molecule has 4 heteroatoms. The Balaban J connectivity index is 1.44. The first kappa shape index (κ1) is 21.9. The minimum atomic E-state index is -0.981. The fourth-order valence-corrected chi connectivity index (χ4v) is 4.86. The highest BCUT2D eigenvalue weighted by atomic mass is 19.2. The molecule has 2 nitrogen and oxygen atoms in total. The predicted octanol–water partition coefficient (Wildman–Crippen LogP) is 7.10. The molecule has 0 amide bonds. The minimum Gasteiger partial charge on any atom is -0.490 e. The molecule has 2 fully saturated rings. The lowest BCUT2D eigenvalue weighted by Gasteiger charge is -2.37. The monoisotopic (exact) mass is 404 g/mol. The first-order chi connectivity index (χ1) is 14.1. The van der Waals surface area contributed by atoms with Gasteiger partial charge in [-0.15, -0.1) is 6.58 Å². The fourth-order valence-electron chi connectivity index (χ4n) is 4.86. The molecule has 0 heterocycles. The van der Waals surface area contributed by atoms with E-state index in [9.17, 15) is 8.78 Å². The summed E-state index contributed by atoms with van der Waals surface area (Å²) in [5.41, 5.74) is 0. The Morgan fingerprint density at radius 1 is 0.897 bits per heavy atom. The summed E-state index contributed by atoms with van der Waals surface area (Å²) in [4.78, 5) is 0. The van der Waals surface area contributed by atoms with Crippen molar-refractivity contribution in [2.24, 2.45) is 23.7 Å². The molecule has 0 N–H and O–H groups in total. The maximum Gasteiger partial charge on any atom is 0.204 e. The van der Waals surface area contributed by atoms with Gasteiger partial charge in [-0.3, -0.25) is 0 Å². The molecule has 0 aliphatic heterocycles. The number of hydrogen-bond donors (Lipinski definition) is 0. The quantitative estimate of drug-likeness (QED) is 0.430. The summed E-state index contributed by atoms with van der Waals surface area (Å²) in [5.74, 6) is 0.761. The van der Waals surface area contributed by atoms with Crippen LogP contribution in [0.15, 0.2) is 36.9 Å². The molecule has 1 aromatic carbocycles. The number of rotatable bonds is 8. The van der Waals surface area contributed by atoms with Crippen molar-refractivity contribution < 1.29 is 18.3 Å². The summed E-state index contributed by atoms with van der Waals surface area (Å²) < 4.78 is 39.3. The standard InChI is InChI=1S/C25H34F2O2/c1-3-5-16-28-22-14-15-23(25(27)24(22)26)29-17-19-8-12-21(13-9-19)20-10-6-18(4-2)7-11-20/h3-5,14-15,18-21H,2,6-13,16-17H2,1H3. The third-order valence-corrected chi connectivity index (χ3v) is 6.76. The first-order valence-corrected chi connectivity index (χ1v) is 11.1. The van der Waals surface area contributed by atoms with Crippen molar-refractivity contribution in [2.75, 3.05) is 13.2 Å². The molecule has 2 aliphatic carbocycles. The third-order valence-electron chi connectivity index (χ3n) is 6.76. The maximum atomic E-state index is 14.3. The van der Waals surface area contributed by atoms with E-state index < -0.39 is 11.6 Å². The molecule has 160 valence electrons. The molecular weight excluding hydrogens is 370 g/mol. The van der Waals surface area contributed by atoms with Crippen LogP contribution in [0.4, 0.5) is 8.78 Å². The van der Waals surface area contributed by atoms with Crippen LogP contribution in [0.25, 0.3) is 0 Å². The van der Waals surface area contributed by atoms with Crippen LogP contribution in [0.2, 0.25) is 0 Å². The van der Waals surface area contributed by atoms with Crippen LogP contribution < -0.4 is 9.47 Å². The van der Waals surface area contributed by atoms with Gasteiger partial charge in [0.25, 0.3) is 0 Å². The molecule has 0 radical (unpaired) electrons. The van der Waals surface area contributed by atoms with Crippen molar-refractivity contribution in [3.8, 4) is 11.5 Å². The van der Waals surface area contributed by atoms with Crippen LogP contribution in [0, 0.1) is 35.3 Å². The van der Waals surface area contributed by atoms with Crippen molar-refractivity contribution >= 4 is 0 Å². The van der Waals surface area contributed by atoms with Gasteiger partial charge in [0, 0.05) is 0 Å². The highest BCUT2D eigenvalue weighted by Crippen LogP contribution is 2.41. The van der Waals surface area contributed by atoms with Crippen LogP contribution >= 0.6 is 0 Å². The van der Waals surface area contributed by atoms with Crippen molar-refractivity contribution in [2.45, 2.75) is 58.3 Å². The summed E-state index contributed by atoms with van der Waals surface area (Å²) in [6, 6.07) is 2.90. The number of ether oxygens (including phenoxy) is 2. The van der Waals surface area contributed by atoms with E-state index >= 15 is 0 Å². The van der Waals surface area contributed by atoms with Crippen LogP contribution in [-0.2, 0) is 0 Å². The molecule has 3 rings (SSSR count). The fraction of sp³-hybridized carbons (Fsp3) is 0.600. The zero-order valence-electron chi connectivity index (χ0n) is 17.5. The zero-order chi connectivity index (χ0) is 20.6. The second-order valence-electron chi connectivity index (χ2n) is 8.57. The van der Waals surface area contributed by atoms with E-state index in [0.29, 0.717) is 18.4 Å². The lowest BCUT2D eigenvalue weighted by Crippen LogP contribution is -2.27. The lowest BCUT2D eigenvalue weighted by molar-refractivity contribution is 0.127. The Kier molecular flexibility index (Phi) is 8.14. The van der Waals surface area contributed by atoms with Crippen molar-refractivity contribution in [1.29, 1.82) is 0 Å². The van der Waals surface area contributed by atoms with E-state index in [1.807, 2.05) is 6.92 Å². The maximum absolute atomic E-state index is 14.3. The average molecular weight is 405 g/mol.